The summed E-state index contributed by atoms with van der Waals surface area (Å²) in [7, 11) is 0. The SMILES string of the molecule is CCn1cccc(-c2csc(N)n2)c1=O. The van der Waals surface area contributed by atoms with Crippen molar-refractivity contribution in [1.29, 1.82) is 0 Å². The molecule has 0 saturated heterocycles. The number of nitrogens with zero attached hydrogens (tertiary/aromatic N) is 2. The molecule has 2 heterocycles. The van der Waals surface area contributed by atoms with Crippen LogP contribution in [-0.4, -0.2) is 9.55 Å². The van der Waals surface area contributed by atoms with Crippen LogP contribution in [0.3, 0.4) is 0 Å². The number of rotatable bonds is 2. The lowest BCUT2D eigenvalue weighted by Crippen LogP contribution is -2.19. The molecule has 5 heteroatoms. The minimum Gasteiger partial charge on any atom is -0.375 e. The van der Waals surface area contributed by atoms with Gasteiger partial charge in [-0.2, -0.15) is 0 Å². The molecule has 0 saturated carbocycles. The van der Waals surface area contributed by atoms with Crippen LogP contribution >= 0.6 is 11.3 Å². The smallest absolute Gasteiger partial charge is 0.260 e. The summed E-state index contributed by atoms with van der Waals surface area (Å²) < 4.78 is 1.64. The van der Waals surface area contributed by atoms with Crippen molar-refractivity contribution in [1.82, 2.24) is 9.55 Å². The van der Waals surface area contributed by atoms with E-state index in [1.807, 2.05) is 13.0 Å². The molecule has 2 aromatic heterocycles. The van der Waals surface area contributed by atoms with Crippen molar-refractivity contribution in [2.75, 3.05) is 5.73 Å². The lowest BCUT2D eigenvalue weighted by molar-refractivity contribution is 0.728. The minimum absolute atomic E-state index is 0.0229. The normalized spacial score (nSPS) is 10.5. The third-order valence-electron chi connectivity index (χ3n) is 2.16. The zero-order chi connectivity index (χ0) is 10.8. The first kappa shape index (κ1) is 9.92. The Morgan fingerprint density at radius 1 is 1.60 bits per heavy atom. The van der Waals surface area contributed by atoms with Crippen molar-refractivity contribution in [2.24, 2.45) is 0 Å². The summed E-state index contributed by atoms with van der Waals surface area (Å²) in [6.07, 6.45) is 1.77. The van der Waals surface area contributed by atoms with Gasteiger partial charge in [-0.1, -0.05) is 0 Å². The third kappa shape index (κ3) is 1.78. The highest BCUT2D eigenvalue weighted by molar-refractivity contribution is 7.13. The van der Waals surface area contributed by atoms with Crippen LogP contribution in [0.2, 0.25) is 0 Å². The van der Waals surface area contributed by atoms with Crippen LogP contribution in [0.15, 0.2) is 28.5 Å². The number of pyridine rings is 1. The van der Waals surface area contributed by atoms with E-state index in [0.29, 0.717) is 22.9 Å². The fourth-order valence-corrected chi connectivity index (χ4v) is 1.96. The Bertz CT molecular complexity index is 529. The lowest BCUT2D eigenvalue weighted by atomic mass is 10.2. The lowest BCUT2D eigenvalue weighted by Gasteiger charge is -2.02. The van der Waals surface area contributed by atoms with Crippen LogP contribution in [0, 0.1) is 0 Å². The first-order chi connectivity index (χ1) is 7.22. The molecular formula is C10H11N3OS. The van der Waals surface area contributed by atoms with Gasteiger partial charge < -0.3 is 10.3 Å². The average molecular weight is 221 g/mol. The van der Waals surface area contributed by atoms with Crippen LogP contribution in [-0.2, 0) is 6.54 Å². The van der Waals surface area contributed by atoms with E-state index in [9.17, 15) is 4.79 Å². The number of nitrogens with two attached hydrogens (primary N) is 1. The van der Waals surface area contributed by atoms with E-state index in [1.54, 1.807) is 22.2 Å². The molecule has 0 unspecified atom stereocenters. The number of aryl methyl sites for hydroxylation is 1. The van der Waals surface area contributed by atoms with Gasteiger partial charge in [0, 0.05) is 18.1 Å². The highest BCUT2D eigenvalue weighted by Crippen LogP contribution is 2.19. The molecule has 0 atom stereocenters. The molecule has 2 N–H and O–H groups in total. The van der Waals surface area contributed by atoms with Crippen LogP contribution in [0.25, 0.3) is 11.3 Å². The predicted octanol–water partition coefficient (Wildman–Crippen LogP) is 1.57. The highest BCUT2D eigenvalue weighted by Gasteiger charge is 2.07. The van der Waals surface area contributed by atoms with Gasteiger partial charge in [0.15, 0.2) is 5.13 Å². The molecule has 0 spiro atoms. The number of hydrogen-bond donors (Lipinski definition) is 1. The second-order valence-corrected chi connectivity index (χ2v) is 3.97. The van der Waals surface area contributed by atoms with Gasteiger partial charge in [0.05, 0.1) is 11.3 Å². The van der Waals surface area contributed by atoms with E-state index >= 15 is 0 Å². The van der Waals surface area contributed by atoms with Gasteiger partial charge in [0.25, 0.3) is 5.56 Å². The molecule has 78 valence electrons. The Hall–Kier alpha value is -1.62. The van der Waals surface area contributed by atoms with Gasteiger partial charge in [-0.15, -0.1) is 11.3 Å². The van der Waals surface area contributed by atoms with E-state index in [4.69, 9.17) is 5.73 Å². The molecule has 0 fully saturated rings. The molecule has 0 amide bonds. The van der Waals surface area contributed by atoms with Crippen LogP contribution in [0.5, 0.6) is 0 Å². The van der Waals surface area contributed by atoms with E-state index in [1.165, 1.54) is 11.3 Å². The first-order valence-electron chi connectivity index (χ1n) is 4.63. The maximum Gasteiger partial charge on any atom is 0.260 e. The molecule has 2 aromatic rings. The summed E-state index contributed by atoms with van der Waals surface area (Å²) in [5.74, 6) is 0. The van der Waals surface area contributed by atoms with E-state index in [2.05, 4.69) is 4.98 Å². The molecule has 15 heavy (non-hydrogen) atoms. The standard InChI is InChI=1S/C10H11N3OS/c1-2-13-5-3-4-7(9(13)14)8-6-15-10(11)12-8/h3-6H,2H2,1H3,(H2,11,12). The topological polar surface area (TPSA) is 60.9 Å². The Labute approximate surface area is 91.0 Å². The third-order valence-corrected chi connectivity index (χ3v) is 2.83. The van der Waals surface area contributed by atoms with Crippen molar-refractivity contribution in [3.63, 3.8) is 0 Å². The van der Waals surface area contributed by atoms with Gasteiger partial charge in [0.1, 0.15) is 0 Å². The molecule has 0 aliphatic carbocycles. The minimum atomic E-state index is -0.0229. The molecule has 0 radical (unpaired) electrons. The second-order valence-electron chi connectivity index (χ2n) is 3.08. The van der Waals surface area contributed by atoms with Gasteiger partial charge >= 0.3 is 0 Å². The summed E-state index contributed by atoms with van der Waals surface area (Å²) in [4.78, 5) is 16.0. The number of nitrogen functional groups attached to an aromatic ring is 1. The Balaban J connectivity index is 2.58. The van der Waals surface area contributed by atoms with Gasteiger partial charge in [-0.05, 0) is 19.1 Å². The zero-order valence-electron chi connectivity index (χ0n) is 8.30. The van der Waals surface area contributed by atoms with Gasteiger partial charge in [-0.25, -0.2) is 4.98 Å². The van der Waals surface area contributed by atoms with E-state index < -0.39 is 0 Å². The maximum absolute atomic E-state index is 11.9. The predicted molar refractivity (Wildman–Crippen MR) is 61.9 cm³/mol. The van der Waals surface area contributed by atoms with Crippen molar-refractivity contribution >= 4 is 16.5 Å². The highest BCUT2D eigenvalue weighted by atomic mass is 32.1. The molecule has 2 rings (SSSR count). The number of aromatic nitrogens is 2. The average Bonchev–Trinajstić information content (AvgIpc) is 2.65. The first-order valence-corrected chi connectivity index (χ1v) is 5.51. The van der Waals surface area contributed by atoms with E-state index in [-0.39, 0.29) is 5.56 Å². The quantitative estimate of drug-likeness (QED) is 0.837. The van der Waals surface area contributed by atoms with Gasteiger partial charge in [-0.3, -0.25) is 4.79 Å². The van der Waals surface area contributed by atoms with Crippen LogP contribution < -0.4 is 11.3 Å². The van der Waals surface area contributed by atoms with Crippen LogP contribution in [0.4, 0.5) is 5.13 Å². The number of anilines is 1. The fraction of sp³-hybridized carbons (Fsp3) is 0.200. The molecule has 4 nitrogen and oxygen atoms in total. The van der Waals surface area contributed by atoms with Crippen LogP contribution in [0.1, 0.15) is 6.92 Å². The molecule has 0 aliphatic heterocycles. The largest absolute Gasteiger partial charge is 0.375 e. The monoisotopic (exact) mass is 221 g/mol. The Kier molecular flexibility index (Phi) is 2.55. The fourth-order valence-electron chi connectivity index (χ4n) is 1.39. The second kappa shape index (κ2) is 3.86. The van der Waals surface area contributed by atoms with Crippen molar-refractivity contribution < 1.29 is 0 Å². The summed E-state index contributed by atoms with van der Waals surface area (Å²) in [5, 5.41) is 2.28. The zero-order valence-corrected chi connectivity index (χ0v) is 9.12. The van der Waals surface area contributed by atoms with Crippen molar-refractivity contribution in [3.05, 3.63) is 34.1 Å². The summed E-state index contributed by atoms with van der Waals surface area (Å²) in [6, 6.07) is 3.61. The summed E-state index contributed by atoms with van der Waals surface area (Å²) >= 11 is 1.34. The summed E-state index contributed by atoms with van der Waals surface area (Å²) in [6.45, 7) is 2.59. The molecule has 0 aliphatic rings. The Morgan fingerprint density at radius 3 is 3.00 bits per heavy atom. The van der Waals surface area contributed by atoms with Crippen molar-refractivity contribution in [2.45, 2.75) is 13.5 Å². The van der Waals surface area contributed by atoms with E-state index in [0.717, 1.165) is 0 Å². The molecule has 0 bridgehead atoms. The summed E-state index contributed by atoms with van der Waals surface area (Å²) in [5.41, 5.74) is 6.77. The molecular weight excluding hydrogens is 210 g/mol. The van der Waals surface area contributed by atoms with Crippen molar-refractivity contribution in [3.8, 4) is 11.3 Å². The maximum atomic E-state index is 11.9. The number of hydrogen-bond acceptors (Lipinski definition) is 4. The molecule has 0 aromatic carbocycles. The van der Waals surface area contributed by atoms with Gasteiger partial charge in [0.2, 0.25) is 0 Å². The number of thiazole rings is 1. The Morgan fingerprint density at radius 2 is 2.40 bits per heavy atom.